The number of aliphatic hydroxyl groups is 1. The number of aromatic nitrogens is 2. The van der Waals surface area contributed by atoms with Crippen LogP contribution >= 0.6 is 0 Å². The van der Waals surface area contributed by atoms with Gasteiger partial charge in [-0.3, -0.25) is 4.79 Å². The summed E-state index contributed by atoms with van der Waals surface area (Å²) in [5.41, 5.74) is -1.23. The number of imidazole rings is 1. The van der Waals surface area contributed by atoms with Crippen LogP contribution in [-0.2, 0) is 17.8 Å². The Labute approximate surface area is 96.3 Å². The summed E-state index contributed by atoms with van der Waals surface area (Å²) in [5.74, 6) is 0.569. The number of Topliss-reactive ketones (excluding diaryl/α,β-unsaturated/α-hetero) is 1. The van der Waals surface area contributed by atoms with Gasteiger partial charge in [-0.05, 0) is 19.8 Å². The summed E-state index contributed by atoms with van der Waals surface area (Å²) in [4.78, 5) is 16.0. The maximum atomic E-state index is 11.8. The minimum Gasteiger partial charge on any atom is -0.382 e. The van der Waals surface area contributed by atoms with E-state index in [1.807, 2.05) is 10.8 Å². The smallest absolute Gasteiger partial charge is 0.171 e. The van der Waals surface area contributed by atoms with Crippen molar-refractivity contribution in [2.75, 3.05) is 0 Å². The molecule has 0 bridgehead atoms. The predicted molar refractivity (Wildman–Crippen MR) is 62.1 cm³/mol. The van der Waals surface area contributed by atoms with E-state index in [1.54, 1.807) is 20.0 Å². The highest BCUT2D eigenvalue weighted by atomic mass is 16.3. The predicted octanol–water partition coefficient (Wildman–Crippen LogP) is 1.57. The molecule has 1 rings (SSSR count). The van der Waals surface area contributed by atoms with E-state index in [0.29, 0.717) is 6.42 Å². The van der Waals surface area contributed by atoms with Crippen molar-refractivity contribution >= 4 is 5.78 Å². The molecule has 0 aliphatic carbocycles. The van der Waals surface area contributed by atoms with E-state index < -0.39 is 5.60 Å². The van der Waals surface area contributed by atoms with Crippen molar-refractivity contribution in [3.63, 3.8) is 0 Å². The molecule has 0 fully saturated rings. The Hall–Kier alpha value is -1.16. The summed E-state index contributed by atoms with van der Waals surface area (Å²) < 4.78 is 1.96. The standard InChI is InChI=1S/C12H20N2O2/c1-4-7-14-8-6-13-11(14)9-10(15)12(3,16)5-2/h6,8,16H,4-5,7,9H2,1-3H3. The average Bonchev–Trinajstić information content (AvgIpc) is 2.66. The first-order valence-electron chi connectivity index (χ1n) is 5.77. The maximum absolute atomic E-state index is 11.8. The zero-order valence-corrected chi connectivity index (χ0v) is 10.2. The lowest BCUT2D eigenvalue weighted by atomic mass is 9.95. The van der Waals surface area contributed by atoms with Crippen molar-refractivity contribution in [3.8, 4) is 0 Å². The fourth-order valence-corrected chi connectivity index (χ4v) is 1.48. The third-order valence-electron chi connectivity index (χ3n) is 2.87. The topological polar surface area (TPSA) is 55.1 Å². The van der Waals surface area contributed by atoms with E-state index in [1.165, 1.54) is 0 Å². The third-order valence-corrected chi connectivity index (χ3v) is 2.87. The number of aryl methyl sites for hydroxylation is 1. The van der Waals surface area contributed by atoms with E-state index in [-0.39, 0.29) is 12.2 Å². The fourth-order valence-electron chi connectivity index (χ4n) is 1.48. The monoisotopic (exact) mass is 224 g/mol. The first kappa shape index (κ1) is 12.9. The molecule has 90 valence electrons. The molecule has 0 radical (unpaired) electrons. The highest BCUT2D eigenvalue weighted by molar-refractivity contribution is 5.87. The number of rotatable bonds is 6. The van der Waals surface area contributed by atoms with Crippen LogP contribution in [0.1, 0.15) is 39.4 Å². The number of ketones is 1. The van der Waals surface area contributed by atoms with Gasteiger partial charge in [0.05, 0.1) is 6.42 Å². The summed E-state index contributed by atoms with van der Waals surface area (Å²) in [6, 6.07) is 0. The molecule has 1 aromatic heterocycles. The molecule has 0 aromatic carbocycles. The van der Waals surface area contributed by atoms with Crippen LogP contribution in [0.5, 0.6) is 0 Å². The molecular weight excluding hydrogens is 204 g/mol. The highest BCUT2D eigenvalue weighted by Crippen LogP contribution is 2.13. The summed E-state index contributed by atoms with van der Waals surface area (Å²) in [6.07, 6.45) is 5.20. The number of carbonyl (C=O) groups is 1. The quantitative estimate of drug-likeness (QED) is 0.798. The van der Waals surface area contributed by atoms with E-state index in [9.17, 15) is 9.90 Å². The Morgan fingerprint density at radius 2 is 2.25 bits per heavy atom. The van der Waals surface area contributed by atoms with Gasteiger partial charge in [0.2, 0.25) is 0 Å². The zero-order chi connectivity index (χ0) is 12.2. The van der Waals surface area contributed by atoms with E-state index in [4.69, 9.17) is 0 Å². The molecular formula is C12H20N2O2. The zero-order valence-electron chi connectivity index (χ0n) is 10.2. The van der Waals surface area contributed by atoms with Gasteiger partial charge in [0, 0.05) is 18.9 Å². The minimum absolute atomic E-state index is 0.168. The van der Waals surface area contributed by atoms with Crippen LogP contribution < -0.4 is 0 Å². The number of hydrogen-bond donors (Lipinski definition) is 1. The van der Waals surface area contributed by atoms with Crippen molar-refractivity contribution in [2.24, 2.45) is 0 Å². The van der Waals surface area contributed by atoms with Crippen LogP contribution in [0.2, 0.25) is 0 Å². The van der Waals surface area contributed by atoms with E-state index in [0.717, 1.165) is 18.8 Å². The van der Waals surface area contributed by atoms with Crippen molar-refractivity contribution in [2.45, 2.75) is 52.2 Å². The summed E-state index contributed by atoms with van der Waals surface area (Å²) in [6.45, 7) is 6.30. The van der Waals surface area contributed by atoms with Crippen LogP contribution in [0.3, 0.4) is 0 Å². The van der Waals surface area contributed by atoms with Crippen LogP contribution in [0.15, 0.2) is 12.4 Å². The Balaban J connectivity index is 2.73. The molecule has 4 heteroatoms. The van der Waals surface area contributed by atoms with Crippen molar-refractivity contribution in [3.05, 3.63) is 18.2 Å². The van der Waals surface area contributed by atoms with Crippen molar-refractivity contribution < 1.29 is 9.90 Å². The molecule has 1 atom stereocenters. The SMILES string of the molecule is CCCn1ccnc1CC(=O)C(C)(O)CC. The molecule has 0 saturated heterocycles. The Bertz CT molecular complexity index is 356. The van der Waals surface area contributed by atoms with Gasteiger partial charge in [0.25, 0.3) is 0 Å². The average molecular weight is 224 g/mol. The van der Waals surface area contributed by atoms with Gasteiger partial charge < -0.3 is 9.67 Å². The Kier molecular flexibility index (Phi) is 4.24. The Morgan fingerprint density at radius 3 is 2.81 bits per heavy atom. The number of nitrogens with zero attached hydrogens (tertiary/aromatic N) is 2. The second-order valence-corrected chi connectivity index (χ2v) is 4.26. The minimum atomic E-state index is -1.23. The largest absolute Gasteiger partial charge is 0.382 e. The van der Waals surface area contributed by atoms with E-state index >= 15 is 0 Å². The molecule has 0 aliphatic rings. The Morgan fingerprint density at radius 1 is 1.56 bits per heavy atom. The van der Waals surface area contributed by atoms with Crippen LogP contribution in [-0.4, -0.2) is 26.0 Å². The molecule has 1 unspecified atom stereocenters. The van der Waals surface area contributed by atoms with Gasteiger partial charge in [-0.15, -0.1) is 0 Å². The number of hydrogen-bond acceptors (Lipinski definition) is 3. The summed E-state index contributed by atoms with van der Waals surface area (Å²) >= 11 is 0. The van der Waals surface area contributed by atoms with Gasteiger partial charge in [-0.1, -0.05) is 13.8 Å². The van der Waals surface area contributed by atoms with Crippen LogP contribution in [0.4, 0.5) is 0 Å². The third kappa shape index (κ3) is 2.92. The number of carbonyl (C=O) groups excluding carboxylic acids is 1. The first-order valence-corrected chi connectivity index (χ1v) is 5.77. The molecule has 0 spiro atoms. The highest BCUT2D eigenvalue weighted by Gasteiger charge is 2.28. The molecule has 1 N–H and O–H groups in total. The molecule has 0 amide bonds. The van der Waals surface area contributed by atoms with Gasteiger partial charge >= 0.3 is 0 Å². The second-order valence-electron chi connectivity index (χ2n) is 4.26. The first-order chi connectivity index (χ1) is 7.51. The molecule has 1 heterocycles. The lowest BCUT2D eigenvalue weighted by molar-refractivity contribution is -0.135. The van der Waals surface area contributed by atoms with Gasteiger partial charge in [0.15, 0.2) is 5.78 Å². The molecule has 16 heavy (non-hydrogen) atoms. The molecule has 0 saturated carbocycles. The van der Waals surface area contributed by atoms with Crippen LogP contribution in [0.25, 0.3) is 0 Å². The fraction of sp³-hybridized carbons (Fsp3) is 0.667. The normalized spacial score (nSPS) is 14.8. The summed E-state index contributed by atoms with van der Waals surface area (Å²) in [7, 11) is 0. The van der Waals surface area contributed by atoms with Crippen molar-refractivity contribution in [1.29, 1.82) is 0 Å². The second kappa shape index (κ2) is 5.25. The van der Waals surface area contributed by atoms with E-state index in [2.05, 4.69) is 11.9 Å². The summed E-state index contributed by atoms with van der Waals surface area (Å²) in [5, 5.41) is 9.82. The van der Waals surface area contributed by atoms with Gasteiger partial charge in [0.1, 0.15) is 11.4 Å². The van der Waals surface area contributed by atoms with Crippen molar-refractivity contribution in [1.82, 2.24) is 9.55 Å². The maximum Gasteiger partial charge on any atom is 0.171 e. The molecule has 4 nitrogen and oxygen atoms in total. The lowest BCUT2D eigenvalue weighted by Gasteiger charge is -2.19. The lowest BCUT2D eigenvalue weighted by Crippen LogP contribution is -2.36. The van der Waals surface area contributed by atoms with Crippen LogP contribution in [0, 0.1) is 0 Å². The van der Waals surface area contributed by atoms with Gasteiger partial charge in [-0.2, -0.15) is 0 Å². The molecule has 1 aromatic rings. The van der Waals surface area contributed by atoms with Gasteiger partial charge in [-0.25, -0.2) is 4.98 Å². The molecule has 0 aliphatic heterocycles.